The maximum absolute atomic E-state index is 13.2. The molecular formula is C17H22FN5O. The van der Waals surface area contributed by atoms with Crippen molar-refractivity contribution in [3.8, 4) is 0 Å². The number of carbonyl (C=O) groups excluding carboxylic acids is 1. The van der Waals surface area contributed by atoms with E-state index in [0.717, 1.165) is 43.0 Å². The molecule has 2 amide bonds. The number of hydrogen-bond donors (Lipinski definition) is 1. The summed E-state index contributed by atoms with van der Waals surface area (Å²) in [5.74, 6) is 1.50. The highest BCUT2D eigenvalue weighted by Crippen LogP contribution is 2.14. The van der Waals surface area contributed by atoms with Crippen LogP contribution in [0, 0.1) is 5.82 Å². The van der Waals surface area contributed by atoms with E-state index in [1.807, 2.05) is 0 Å². The number of halogens is 1. The lowest BCUT2D eigenvalue weighted by atomic mass is 10.2. The van der Waals surface area contributed by atoms with Crippen molar-refractivity contribution in [2.24, 2.45) is 0 Å². The molecule has 0 radical (unpaired) electrons. The van der Waals surface area contributed by atoms with Gasteiger partial charge in [-0.2, -0.15) is 0 Å². The van der Waals surface area contributed by atoms with Gasteiger partial charge in [-0.1, -0.05) is 18.6 Å². The molecular weight excluding hydrogens is 309 g/mol. The predicted molar refractivity (Wildman–Crippen MR) is 87.7 cm³/mol. The second-order valence-corrected chi connectivity index (χ2v) is 6.14. The summed E-state index contributed by atoms with van der Waals surface area (Å²) < 4.78 is 15.3. The van der Waals surface area contributed by atoms with Crippen LogP contribution in [0.4, 0.5) is 9.18 Å². The van der Waals surface area contributed by atoms with Crippen LogP contribution in [-0.4, -0.2) is 32.7 Å². The number of hydrogen-bond acceptors (Lipinski definition) is 3. The molecule has 6 nitrogen and oxygen atoms in total. The van der Waals surface area contributed by atoms with E-state index in [0.29, 0.717) is 13.1 Å². The van der Waals surface area contributed by atoms with Gasteiger partial charge in [-0.15, -0.1) is 10.2 Å². The fraction of sp³-hybridized carbons (Fsp3) is 0.471. The standard InChI is InChI=1S/C17H22FN5O/c1-22(12-13-6-5-7-14(18)10-13)17(24)19-11-16-21-20-15-8-3-2-4-9-23(15)16/h5-7,10H,2-4,8-9,11-12H2,1H3,(H,19,24). The highest BCUT2D eigenvalue weighted by Gasteiger charge is 2.16. The van der Waals surface area contributed by atoms with Crippen molar-refractivity contribution < 1.29 is 9.18 Å². The van der Waals surface area contributed by atoms with E-state index >= 15 is 0 Å². The average molecular weight is 331 g/mol. The Morgan fingerprint density at radius 2 is 2.21 bits per heavy atom. The maximum Gasteiger partial charge on any atom is 0.317 e. The number of benzene rings is 1. The molecule has 0 saturated carbocycles. The smallest absolute Gasteiger partial charge is 0.317 e. The highest BCUT2D eigenvalue weighted by molar-refractivity contribution is 5.73. The van der Waals surface area contributed by atoms with E-state index in [1.54, 1.807) is 19.2 Å². The van der Waals surface area contributed by atoms with Crippen molar-refractivity contribution in [3.63, 3.8) is 0 Å². The van der Waals surface area contributed by atoms with E-state index < -0.39 is 0 Å². The van der Waals surface area contributed by atoms with E-state index in [2.05, 4.69) is 20.1 Å². The normalized spacial score (nSPS) is 13.9. The van der Waals surface area contributed by atoms with Gasteiger partial charge in [-0.3, -0.25) is 0 Å². The SMILES string of the molecule is CN(Cc1cccc(F)c1)C(=O)NCc1nnc2n1CCCCC2. The minimum absolute atomic E-state index is 0.217. The number of aryl methyl sites for hydroxylation is 1. The highest BCUT2D eigenvalue weighted by atomic mass is 19.1. The molecule has 0 unspecified atom stereocenters. The van der Waals surface area contributed by atoms with Crippen molar-refractivity contribution in [3.05, 3.63) is 47.3 Å². The number of rotatable bonds is 4. The van der Waals surface area contributed by atoms with Crippen LogP contribution < -0.4 is 5.32 Å². The fourth-order valence-corrected chi connectivity index (χ4v) is 2.95. The third-order valence-electron chi connectivity index (χ3n) is 4.24. The molecule has 7 heteroatoms. The van der Waals surface area contributed by atoms with Gasteiger partial charge in [0.25, 0.3) is 0 Å². The van der Waals surface area contributed by atoms with Gasteiger partial charge in [0.05, 0.1) is 6.54 Å². The summed E-state index contributed by atoms with van der Waals surface area (Å²) >= 11 is 0. The van der Waals surface area contributed by atoms with Crippen LogP contribution in [0.25, 0.3) is 0 Å². The van der Waals surface area contributed by atoms with Crippen LogP contribution in [-0.2, 0) is 26.1 Å². The molecule has 2 aromatic rings. The molecule has 1 aliphatic rings. The third kappa shape index (κ3) is 3.90. The van der Waals surface area contributed by atoms with Crippen LogP contribution in [0.15, 0.2) is 24.3 Å². The summed E-state index contributed by atoms with van der Waals surface area (Å²) in [6.45, 7) is 1.60. The first kappa shape index (κ1) is 16.4. The zero-order valence-corrected chi connectivity index (χ0v) is 13.8. The Hall–Kier alpha value is -2.44. The molecule has 0 atom stereocenters. The van der Waals surface area contributed by atoms with Crippen molar-refractivity contribution in [2.75, 3.05) is 7.05 Å². The zero-order valence-electron chi connectivity index (χ0n) is 13.8. The molecule has 3 rings (SSSR count). The van der Waals surface area contributed by atoms with Crippen LogP contribution >= 0.6 is 0 Å². The van der Waals surface area contributed by atoms with Crippen molar-refractivity contribution >= 4 is 6.03 Å². The Labute approximate surface area is 140 Å². The molecule has 1 aromatic carbocycles. The first-order valence-corrected chi connectivity index (χ1v) is 8.28. The first-order chi connectivity index (χ1) is 11.6. The number of aromatic nitrogens is 3. The number of amides is 2. The number of urea groups is 1. The molecule has 0 aliphatic carbocycles. The van der Waals surface area contributed by atoms with Gasteiger partial charge < -0.3 is 14.8 Å². The van der Waals surface area contributed by atoms with E-state index in [4.69, 9.17) is 0 Å². The van der Waals surface area contributed by atoms with Crippen molar-refractivity contribution in [2.45, 2.75) is 45.3 Å². The summed E-state index contributed by atoms with van der Waals surface area (Å²) in [6.07, 6.45) is 4.40. The summed E-state index contributed by atoms with van der Waals surface area (Å²) in [6, 6.07) is 6.04. The Morgan fingerprint density at radius 1 is 1.33 bits per heavy atom. The van der Waals surface area contributed by atoms with E-state index in [9.17, 15) is 9.18 Å². The Bertz CT molecular complexity index is 715. The molecule has 0 bridgehead atoms. The van der Waals surface area contributed by atoms with Gasteiger partial charge in [0, 0.05) is 26.6 Å². The Kier molecular flexibility index (Phi) is 5.08. The second kappa shape index (κ2) is 7.42. The first-order valence-electron chi connectivity index (χ1n) is 8.28. The lowest BCUT2D eigenvalue weighted by Gasteiger charge is -2.18. The van der Waals surface area contributed by atoms with Crippen LogP contribution in [0.2, 0.25) is 0 Å². The molecule has 24 heavy (non-hydrogen) atoms. The minimum atomic E-state index is -0.299. The van der Waals surface area contributed by atoms with Gasteiger partial charge >= 0.3 is 6.03 Å². The molecule has 1 aromatic heterocycles. The number of fused-ring (bicyclic) bond motifs is 1. The summed E-state index contributed by atoms with van der Waals surface area (Å²) in [7, 11) is 1.69. The zero-order chi connectivity index (χ0) is 16.9. The molecule has 0 fully saturated rings. The quantitative estimate of drug-likeness (QED) is 0.936. The molecule has 2 heterocycles. The molecule has 0 spiro atoms. The monoisotopic (exact) mass is 331 g/mol. The Balaban J connectivity index is 1.56. The molecule has 1 aliphatic heterocycles. The van der Waals surface area contributed by atoms with Crippen molar-refractivity contribution in [1.29, 1.82) is 0 Å². The topological polar surface area (TPSA) is 63.1 Å². The van der Waals surface area contributed by atoms with Crippen LogP contribution in [0.1, 0.15) is 36.5 Å². The summed E-state index contributed by atoms with van der Waals surface area (Å²) in [5.41, 5.74) is 0.754. The lowest BCUT2D eigenvalue weighted by Crippen LogP contribution is -2.37. The average Bonchev–Trinajstić information content (AvgIpc) is 2.79. The molecule has 0 saturated heterocycles. The fourth-order valence-electron chi connectivity index (χ4n) is 2.95. The number of nitrogens with one attached hydrogen (secondary N) is 1. The Morgan fingerprint density at radius 3 is 3.04 bits per heavy atom. The van der Waals surface area contributed by atoms with Gasteiger partial charge in [0.15, 0.2) is 5.82 Å². The molecule has 1 N–H and O–H groups in total. The largest absolute Gasteiger partial charge is 0.331 e. The summed E-state index contributed by atoms with van der Waals surface area (Å²) in [4.78, 5) is 13.7. The van der Waals surface area contributed by atoms with Crippen LogP contribution in [0.3, 0.4) is 0 Å². The predicted octanol–water partition coefficient (Wildman–Crippen LogP) is 2.49. The number of carbonyl (C=O) groups is 1. The molecule has 128 valence electrons. The summed E-state index contributed by atoms with van der Waals surface area (Å²) in [5, 5.41) is 11.3. The van der Waals surface area contributed by atoms with Gasteiger partial charge in [-0.05, 0) is 30.5 Å². The third-order valence-corrected chi connectivity index (χ3v) is 4.24. The van der Waals surface area contributed by atoms with E-state index in [-0.39, 0.29) is 11.8 Å². The van der Waals surface area contributed by atoms with Gasteiger partial charge in [-0.25, -0.2) is 9.18 Å². The second-order valence-electron chi connectivity index (χ2n) is 6.14. The van der Waals surface area contributed by atoms with Crippen molar-refractivity contribution in [1.82, 2.24) is 25.0 Å². The van der Waals surface area contributed by atoms with Crippen LogP contribution in [0.5, 0.6) is 0 Å². The lowest BCUT2D eigenvalue weighted by molar-refractivity contribution is 0.206. The van der Waals surface area contributed by atoms with E-state index in [1.165, 1.54) is 23.5 Å². The maximum atomic E-state index is 13.2. The van der Waals surface area contributed by atoms with Gasteiger partial charge in [0.2, 0.25) is 0 Å². The van der Waals surface area contributed by atoms with Gasteiger partial charge in [0.1, 0.15) is 11.6 Å². The number of nitrogens with zero attached hydrogens (tertiary/aromatic N) is 4. The minimum Gasteiger partial charge on any atom is -0.331 e.